The van der Waals surface area contributed by atoms with Crippen molar-refractivity contribution in [2.75, 3.05) is 32.8 Å². The number of hydrogen-bond donors (Lipinski definition) is 2. The first-order valence-corrected chi connectivity index (χ1v) is 9.19. The van der Waals surface area contributed by atoms with Crippen LogP contribution < -0.4 is 10.6 Å². The molecular formula is C17H28N4O4. The Labute approximate surface area is 148 Å². The molecule has 140 valence electrons. The molecule has 1 saturated carbocycles. The molecule has 1 spiro atoms. The van der Waals surface area contributed by atoms with Crippen LogP contribution in [0.5, 0.6) is 0 Å². The largest absolute Gasteiger partial charge is 0.379 e. The normalized spacial score (nSPS) is 25.9. The van der Waals surface area contributed by atoms with E-state index < -0.39 is 17.6 Å². The van der Waals surface area contributed by atoms with Crippen molar-refractivity contribution < 1.29 is 19.1 Å². The molecule has 2 aliphatic heterocycles. The molecule has 3 aliphatic rings. The Balaban J connectivity index is 1.56. The molecule has 3 rings (SSSR count). The van der Waals surface area contributed by atoms with E-state index in [1.54, 1.807) is 6.92 Å². The molecule has 0 aromatic rings. The van der Waals surface area contributed by atoms with E-state index >= 15 is 0 Å². The van der Waals surface area contributed by atoms with Crippen molar-refractivity contribution in [1.29, 1.82) is 0 Å². The van der Waals surface area contributed by atoms with Gasteiger partial charge in [0, 0.05) is 25.7 Å². The third kappa shape index (κ3) is 3.64. The summed E-state index contributed by atoms with van der Waals surface area (Å²) in [7, 11) is 0. The van der Waals surface area contributed by atoms with Crippen molar-refractivity contribution in [3.8, 4) is 0 Å². The predicted octanol–water partition coefficient (Wildman–Crippen LogP) is 0.0764. The fraction of sp³-hybridized carbons (Fsp3) is 0.824. The summed E-state index contributed by atoms with van der Waals surface area (Å²) in [5.74, 6) is -0.544. The van der Waals surface area contributed by atoms with Gasteiger partial charge in [-0.1, -0.05) is 12.8 Å². The van der Waals surface area contributed by atoms with Crippen LogP contribution in [0.4, 0.5) is 4.79 Å². The number of imide groups is 1. The molecule has 25 heavy (non-hydrogen) atoms. The number of urea groups is 1. The Morgan fingerprint density at radius 3 is 2.52 bits per heavy atom. The van der Waals surface area contributed by atoms with Crippen molar-refractivity contribution in [2.24, 2.45) is 0 Å². The molecule has 8 heteroatoms. The SMILES string of the molecule is CC(CN1CCOCC1)NC(=O)C(C)N1C(=O)NC2(CCCC2)C1=O. The van der Waals surface area contributed by atoms with Gasteiger partial charge in [-0.25, -0.2) is 9.69 Å². The zero-order chi connectivity index (χ0) is 18.0. The molecule has 2 atom stereocenters. The van der Waals surface area contributed by atoms with Crippen LogP contribution >= 0.6 is 0 Å². The lowest BCUT2D eigenvalue weighted by molar-refractivity contribution is -0.138. The smallest absolute Gasteiger partial charge is 0.325 e. The van der Waals surface area contributed by atoms with E-state index in [1.165, 1.54) is 0 Å². The summed E-state index contributed by atoms with van der Waals surface area (Å²) < 4.78 is 5.32. The van der Waals surface area contributed by atoms with Gasteiger partial charge in [0.1, 0.15) is 11.6 Å². The second-order valence-corrected chi connectivity index (χ2v) is 7.39. The second kappa shape index (κ2) is 7.29. The van der Waals surface area contributed by atoms with Crippen LogP contribution in [0.3, 0.4) is 0 Å². The summed E-state index contributed by atoms with van der Waals surface area (Å²) in [5.41, 5.74) is -0.773. The molecule has 1 aliphatic carbocycles. The second-order valence-electron chi connectivity index (χ2n) is 7.39. The van der Waals surface area contributed by atoms with Crippen molar-refractivity contribution in [3.63, 3.8) is 0 Å². The third-order valence-corrected chi connectivity index (χ3v) is 5.44. The number of nitrogens with zero attached hydrogens (tertiary/aromatic N) is 2. The number of carbonyl (C=O) groups is 3. The van der Waals surface area contributed by atoms with E-state index in [2.05, 4.69) is 15.5 Å². The minimum atomic E-state index is -0.806. The number of rotatable bonds is 5. The number of ether oxygens (including phenoxy) is 1. The molecule has 2 heterocycles. The molecular weight excluding hydrogens is 324 g/mol. The van der Waals surface area contributed by atoms with E-state index in [9.17, 15) is 14.4 Å². The number of hydrogen-bond acceptors (Lipinski definition) is 5. The van der Waals surface area contributed by atoms with Gasteiger partial charge in [-0.15, -0.1) is 0 Å². The molecule has 4 amide bonds. The Bertz CT molecular complexity index is 541. The Kier molecular flexibility index (Phi) is 5.29. The Morgan fingerprint density at radius 1 is 1.24 bits per heavy atom. The minimum Gasteiger partial charge on any atom is -0.379 e. The van der Waals surface area contributed by atoms with E-state index in [0.29, 0.717) is 26.1 Å². The molecule has 2 saturated heterocycles. The fourth-order valence-corrected chi connectivity index (χ4v) is 4.01. The van der Waals surface area contributed by atoms with Crippen molar-refractivity contribution in [2.45, 2.75) is 57.2 Å². The first-order chi connectivity index (χ1) is 11.9. The number of nitrogens with one attached hydrogen (secondary N) is 2. The summed E-state index contributed by atoms with van der Waals surface area (Å²) in [5, 5.41) is 5.75. The zero-order valence-electron chi connectivity index (χ0n) is 15.0. The molecule has 2 unspecified atom stereocenters. The monoisotopic (exact) mass is 352 g/mol. The summed E-state index contributed by atoms with van der Waals surface area (Å²) in [6.07, 6.45) is 3.18. The van der Waals surface area contributed by atoms with Crippen LogP contribution in [0.1, 0.15) is 39.5 Å². The lowest BCUT2D eigenvalue weighted by atomic mass is 9.97. The first-order valence-electron chi connectivity index (χ1n) is 9.19. The van der Waals surface area contributed by atoms with Gasteiger partial charge in [0.05, 0.1) is 13.2 Å². The summed E-state index contributed by atoms with van der Waals surface area (Å²) >= 11 is 0. The van der Waals surface area contributed by atoms with E-state index in [0.717, 1.165) is 37.4 Å². The van der Waals surface area contributed by atoms with E-state index in [1.807, 2.05) is 6.92 Å². The van der Waals surface area contributed by atoms with E-state index in [-0.39, 0.29) is 17.9 Å². The van der Waals surface area contributed by atoms with Gasteiger partial charge in [-0.2, -0.15) is 0 Å². The fourth-order valence-electron chi connectivity index (χ4n) is 4.01. The van der Waals surface area contributed by atoms with Gasteiger partial charge in [0.2, 0.25) is 5.91 Å². The van der Waals surface area contributed by atoms with Crippen LogP contribution in [0.2, 0.25) is 0 Å². The molecule has 0 bridgehead atoms. The molecule has 8 nitrogen and oxygen atoms in total. The van der Waals surface area contributed by atoms with Crippen LogP contribution in [0.15, 0.2) is 0 Å². The zero-order valence-corrected chi connectivity index (χ0v) is 15.0. The van der Waals surface area contributed by atoms with Crippen LogP contribution in [0.25, 0.3) is 0 Å². The van der Waals surface area contributed by atoms with Crippen molar-refractivity contribution in [1.82, 2.24) is 20.4 Å². The maximum atomic E-state index is 12.7. The Hall–Kier alpha value is -1.67. The van der Waals surface area contributed by atoms with Crippen molar-refractivity contribution >= 4 is 17.8 Å². The highest BCUT2D eigenvalue weighted by molar-refractivity contribution is 6.09. The standard InChI is InChI=1S/C17H28N4O4/c1-12(11-20-7-9-25-10-8-20)18-14(22)13(2)21-15(23)17(19-16(21)24)5-3-4-6-17/h12-13H,3-11H2,1-2H3,(H,18,22)(H,19,24). The molecule has 2 N–H and O–H groups in total. The highest BCUT2D eigenvalue weighted by Crippen LogP contribution is 2.35. The average Bonchev–Trinajstić information content (AvgIpc) is 3.13. The quantitative estimate of drug-likeness (QED) is 0.684. The van der Waals surface area contributed by atoms with Crippen LogP contribution in [0, 0.1) is 0 Å². The van der Waals surface area contributed by atoms with Gasteiger partial charge < -0.3 is 15.4 Å². The molecule has 0 aromatic carbocycles. The van der Waals surface area contributed by atoms with Gasteiger partial charge >= 0.3 is 6.03 Å². The minimum absolute atomic E-state index is 0.0609. The first kappa shape index (κ1) is 18.1. The predicted molar refractivity (Wildman–Crippen MR) is 90.9 cm³/mol. The van der Waals surface area contributed by atoms with Gasteiger partial charge in [0.15, 0.2) is 0 Å². The highest BCUT2D eigenvalue weighted by Gasteiger charge is 2.54. The average molecular weight is 352 g/mol. The summed E-state index contributed by atoms with van der Waals surface area (Å²) in [6.45, 7) is 7.40. The molecule has 3 fully saturated rings. The lowest BCUT2D eigenvalue weighted by Crippen LogP contribution is -2.53. The summed E-state index contributed by atoms with van der Waals surface area (Å²) in [6, 6.07) is -1.32. The maximum Gasteiger partial charge on any atom is 0.325 e. The van der Waals surface area contributed by atoms with Gasteiger partial charge in [-0.3, -0.25) is 14.5 Å². The van der Waals surface area contributed by atoms with Gasteiger partial charge in [0.25, 0.3) is 5.91 Å². The maximum absolute atomic E-state index is 12.7. The Morgan fingerprint density at radius 2 is 1.88 bits per heavy atom. The number of morpholine rings is 1. The third-order valence-electron chi connectivity index (χ3n) is 5.44. The van der Waals surface area contributed by atoms with E-state index in [4.69, 9.17) is 4.74 Å². The number of amides is 4. The van der Waals surface area contributed by atoms with Crippen molar-refractivity contribution in [3.05, 3.63) is 0 Å². The molecule has 0 aromatic heterocycles. The highest BCUT2D eigenvalue weighted by atomic mass is 16.5. The number of carbonyl (C=O) groups excluding carboxylic acids is 3. The summed E-state index contributed by atoms with van der Waals surface area (Å²) in [4.78, 5) is 40.9. The topological polar surface area (TPSA) is 91.0 Å². The molecule has 0 radical (unpaired) electrons. The van der Waals surface area contributed by atoms with Crippen LogP contribution in [-0.4, -0.2) is 78.1 Å². The lowest BCUT2D eigenvalue weighted by Gasteiger charge is -2.30. The van der Waals surface area contributed by atoms with Crippen LogP contribution in [-0.2, 0) is 14.3 Å². The van der Waals surface area contributed by atoms with Gasteiger partial charge in [-0.05, 0) is 26.7 Å².